The van der Waals surface area contributed by atoms with Crippen molar-refractivity contribution in [2.24, 2.45) is 0 Å². The Morgan fingerprint density at radius 3 is 2.75 bits per heavy atom. The van der Waals surface area contributed by atoms with Gasteiger partial charge in [-0.3, -0.25) is 4.79 Å². The largest absolute Gasteiger partial charge is 0.454 e. The lowest BCUT2D eigenvalue weighted by atomic mass is 10.2. The highest BCUT2D eigenvalue weighted by atomic mass is 32.1. The van der Waals surface area contributed by atoms with Crippen LogP contribution in [0, 0.1) is 6.92 Å². The molecule has 2 aromatic carbocycles. The third-order valence-electron chi connectivity index (χ3n) is 3.66. The van der Waals surface area contributed by atoms with Crippen LogP contribution in [0.25, 0.3) is 10.6 Å². The van der Waals surface area contributed by atoms with E-state index >= 15 is 0 Å². The highest BCUT2D eigenvalue weighted by molar-refractivity contribution is 7.15. The van der Waals surface area contributed by atoms with Crippen molar-refractivity contribution in [2.45, 2.75) is 6.92 Å². The molecule has 1 aliphatic rings. The molecule has 0 fully saturated rings. The summed E-state index contributed by atoms with van der Waals surface area (Å²) in [6, 6.07) is 15.1. The zero-order chi connectivity index (χ0) is 16.5. The van der Waals surface area contributed by atoms with E-state index in [1.54, 1.807) is 18.2 Å². The molecule has 120 valence electrons. The van der Waals surface area contributed by atoms with Crippen molar-refractivity contribution in [3.8, 4) is 22.1 Å². The summed E-state index contributed by atoms with van der Waals surface area (Å²) >= 11 is 1.51. The van der Waals surface area contributed by atoms with Crippen molar-refractivity contribution >= 4 is 22.9 Å². The molecule has 1 amide bonds. The van der Waals surface area contributed by atoms with E-state index in [2.05, 4.69) is 10.3 Å². The lowest BCUT2D eigenvalue weighted by molar-refractivity contribution is 0.102. The van der Waals surface area contributed by atoms with Gasteiger partial charge in [0.05, 0.1) is 0 Å². The van der Waals surface area contributed by atoms with E-state index in [1.807, 2.05) is 37.3 Å². The van der Waals surface area contributed by atoms with Gasteiger partial charge in [-0.2, -0.15) is 0 Å². The fourth-order valence-electron chi connectivity index (χ4n) is 2.48. The molecule has 0 atom stereocenters. The van der Waals surface area contributed by atoms with Crippen molar-refractivity contribution < 1.29 is 14.3 Å². The summed E-state index contributed by atoms with van der Waals surface area (Å²) < 4.78 is 10.6. The van der Waals surface area contributed by atoms with Crippen LogP contribution in [0.3, 0.4) is 0 Å². The summed E-state index contributed by atoms with van der Waals surface area (Å²) in [7, 11) is 0. The smallest absolute Gasteiger partial charge is 0.275 e. The van der Waals surface area contributed by atoms with Gasteiger partial charge in [0.2, 0.25) is 6.79 Å². The molecule has 0 bridgehead atoms. The molecule has 1 N–H and O–H groups in total. The van der Waals surface area contributed by atoms with Crippen molar-refractivity contribution in [1.29, 1.82) is 0 Å². The standard InChI is InChI=1S/C18H14N2O3S/c1-11-16(20-18(24-11)12-5-3-2-4-6-12)17(21)19-13-7-8-14-15(9-13)23-10-22-14/h2-9H,10H2,1H3,(H,19,21). The number of hydrogen-bond donors (Lipinski definition) is 1. The fraction of sp³-hybridized carbons (Fsp3) is 0.111. The molecule has 24 heavy (non-hydrogen) atoms. The Balaban J connectivity index is 1.58. The van der Waals surface area contributed by atoms with Crippen LogP contribution < -0.4 is 14.8 Å². The molecule has 0 spiro atoms. The van der Waals surface area contributed by atoms with Gasteiger partial charge in [-0.25, -0.2) is 4.98 Å². The molecular weight excluding hydrogens is 324 g/mol. The molecule has 1 aromatic heterocycles. The van der Waals surface area contributed by atoms with E-state index in [1.165, 1.54) is 11.3 Å². The summed E-state index contributed by atoms with van der Waals surface area (Å²) in [5, 5.41) is 3.70. The van der Waals surface area contributed by atoms with Gasteiger partial charge >= 0.3 is 0 Å². The Labute approximate surface area is 142 Å². The summed E-state index contributed by atoms with van der Waals surface area (Å²) in [4.78, 5) is 17.9. The van der Waals surface area contributed by atoms with Gasteiger partial charge in [0.1, 0.15) is 10.7 Å². The first-order valence-corrected chi connectivity index (χ1v) is 8.26. The van der Waals surface area contributed by atoms with Crippen LogP contribution in [0.2, 0.25) is 0 Å². The minimum absolute atomic E-state index is 0.207. The number of benzene rings is 2. The number of anilines is 1. The number of ether oxygens (including phenoxy) is 2. The summed E-state index contributed by atoms with van der Waals surface area (Å²) in [6.07, 6.45) is 0. The first-order chi connectivity index (χ1) is 11.7. The topological polar surface area (TPSA) is 60.5 Å². The second-order valence-corrected chi connectivity index (χ2v) is 6.52. The quantitative estimate of drug-likeness (QED) is 0.781. The van der Waals surface area contributed by atoms with Gasteiger partial charge < -0.3 is 14.8 Å². The normalized spacial score (nSPS) is 12.2. The first kappa shape index (κ1) is 14.7. The number of aryl methyl sites for hydroxylation is 1. The summed E-state index contributed by atoms with van der Waals surface area (Å²) in [5.74, 6) is 1.08. The minimum atomic E-state index is -0.232. The van der Waals surface area contributed by atoms with Crippen molar-refractivity contribution in [2.75, 3.05) is 12.1 Å². The zero-order valence-electron chi connectivity index (χ0n) is 12.9. The molecule has 4 rings (SSSR count). The average molecular weight is 338 g/mol. The van der Waals surface area contributed by atoms with Crippen LogP contribution in [0.5, 0.6) is 11.5 Å². The average Bonchev–Trinajstić information content (AvgIpc) is 3.21. The maximum atomic E-state index is 12.5. The molecule has 0 saturated carbocycles. The number of fused-ring (bicyclic) bond motifs is 1. The van der Waals surface area contributed by atoms with E-state index < -0.39 is 0 Å². The number of rotatable bonds is 3. The monoisotopic (exact) mass is 338 g/mol. The lowest BCUT2D eigenvalue weighted by Gasteiger charge is -2.05. The van der Waals surface area contributed by atoms with Gasteiger partial charge in [0.25, 0.3) is 5.91 Å². The van der Waals surface area contributed by atoms with E-state index in [-0.39, 0.29) is 12.7 Å². The maximum absolute atomic E-state index is 12.5. The number of hydrogen-bond acceptors (Lipinski definition) is 5. The Hall–Kier alpha value is -2.86. The summed E-state index contributed by atoms with van der Waals surface area (Å²) in [5.41, 5.74) is 2.10. The Kier molecular flexibility index (Phi) is 3.66. The van der Waals surface area contributed by atoms with Crippen LogP contribution in [0.15, 0.2) is 48.5 Å². The van der Waals surface area contributed by atoms with Gasteiger partial charge in [0, 0.05) is 22.2 Å². The number of amides is 1. The molecule has 5 nitrogen and oxygen atoms in total. The third-order valence-corrected chi connectivity index (χ3v) is 4.68. The van der Waals surface area contributed by atoms with Crippen LogP contribution in [0.1, 0.15) is 15.4 Å². The number of thiazole rings is 1. The number of aromatic nitrogens is 1. The Bertz CT molecular complexity index is 906. The van der Waals surface area contributed by atoms with E-state index in [0.29, 0.717) is 22.9 Å². The molecule has 0 aliphatic carbocycles. The Morgan fingerprint density at radius 2 is 1.92 bits per heavy atom. The molecule has 0 saturated heterocycles. The van der Waals surface area contributed by atoms with Crippen LogP contribution >= 0.6 is 11.3 Å². The third kappa shape index (κ3) is 2.72. The number of nitrogens with zero attached hydrogens (tertiary/aromatic N) is 1. The zero-order valence-corrected chi connectivity index (χ0v) is 13.7. The Morgan fingerprint density at radius 1 is 1.12 bits per heavy atom. The van der Waals surface area contributed by atoms with Crippen molar-refractivity contribution in [3.05, 3.63) is 59.1 Å². The second-order valence-electron chi connectivity index (χ2n) is 5.31. The highest BCUT2D eigenvalue weighted by Gasteiger charge is 2.18. The highest BCUT2D eigenvalue weighted by Crippen LogP contribution is 2.34. The molecule has 6 heteroatoms. The molecular formula is C18H14N2O3S. The number of nitrogens with one attached hydrogen (secondary N) is 1. The molecule has 1 aliphatic heterocycles. The van der Waals surface area contributed by atoms with Crippen LogP contribution in [-0.4, -0.2) is 17.7 Å². The molecule has 2 heterocycles. The van der Waals surface area contributed by atoms with Gasteiger partial charge in [-0.15, -0.1) is 11.3 Å². The van der Waals surface area contributed by atoms with Gasteiger partial charge in [0.15, 0.2) is 11.5 Å². The predicted molar refractivity (Wildman–Crippen MR) is 92.8 cm³/mol. The van der Waals surface area contributed by atoms with E-state index in [0.717, 1.165) is 15.4 Å². The summed E-state index contributed by atoms with van der Waals surface area (Å²) in [6.45, 7) is 2.11. The van der Waals surface area contributed by atoms with Crippen molar-refractivity contribution in [3.63, 3.8) is 0 Å². The van der Waals surface area contributed by atoms with Gasteiger partial charge in [-0.1, -0.05) is 30.3 Å². The number of carbonyl (C=O) groups excluding carboxylic acids is 1. The maximum Gasteiger partial charge on any atom is 0.275 e. The fourth-order valence-corrected chi connectivity index (χ4v) is 3.39. The first-order valence-electron chi connectivity index (χ1n) is 7.44. The molecule has 0 radical (unpaired) electrons. The molecule has 3 aromatic rings. The molecule has 0 unspecified atom stereocenters. The van der Waals surface area contributed by atoms with E-state index in [4.69, 9.17) is 9.47 Å². The minimum Gasteiger partial charge on any atom is -0.454 e. The van der Waals surface area contributed by atoms with Crippen LogP contribution in [0.4, 0.5) is 5.69 Å². The van der Waals surface area contributed by atoms with Crippen LogP contribution in [-0.2, 0) is 0 Å². The SMILES string of the molecule is Cc1sc(-c2ccccc2)nc1C(=O)Nc1ccc2c(c1)OCO2. The second kappa shape index (κ2) is 5.98. The predicted octanol–water partition coefficient (Wildman–Crippen LogP) is 4.10. The van der Waals surface area contributed by atoms with E-state index in [9.17, 15) is 4.79 Å². The number of carbonyl (C=O) groups is 1. The lowest BCUT2D eigenvalue weighted by Crippen LogP contribution is -2.13. The van der Waals surface area contributed by atoms with Crippen molar-refractivity contribution in [1.82, 2.24) is 4.98 Å². The van der Waals surface area contributed by atoms with Gasteiger partial charge in [-0.05, 0) is 19.1 Å².